The molecule has 3 atom stereocenters. The Morgan fingerprint density at radius 2 is 2.05 bits per heavy atom. The molecule has 2 rings (SSSR count). The molecule has 2 fully saturated rings. The molecule has 114 valence electrons. The maximum atomic E-state index is 13.4. The van der Waals surface area contributed by atoms with Gasteiger partial charge in [0.05, 0.1) is 19.2 Å². The quantitative estimate of drug-likeness (QED) is 0.795. The van der Waals surface area contributed by atoms with Crippen LogP contribution in [-0.4, -0.2) is 53.2 Å². The largest absolute Gasteiger partial charge is 0.394 e. The number of amides is 2. The van der Waals surface area contributed by atoms with E-state index in [9.17, 15) is 19.1 Å². The Kier molecular flexibility index (Phi) is 4.96. The number of carbonyl (C=O) groups is 2. The summed E-state index contributed by atoms with van der Waals surface area (Å²) < 4.78 is 13.4. The van der Waals surface area contributed by atoms with Gasteiger partial charge in [0.2, 0.25) is 11.8 Å². The van der Waals surface area contributed by atoms with Crippen LogP contribution in [0.4, 0.5) is 4.39 Å². The summed E-state index contributed by atoms with van der Waals surface area (Å²) in [6, 6.07) is -1.13. The van der Waals surface area contributed by atoms with Gasteiger partial charge in [-0.3, -0.25) is 9.59 Å². The molecular weight excluding hydrogens is 263 g/mol. The predicted molar refractivity (Wildman–Crippen MR) is 71.7 cm³/mol. The molecular formula is C14H23FN2O3. The highest BCUT2D eigenvalue weighted by Gasteiger charge is 2.37. The van der Waals surface area contributed by atoms with Crippen LogP contribution >= 0.6 is 0 Å². The van der Waals surface area contributed by atoms with E-state index >= 15 is 0 Å². The van der Waals surface area contributed by atoms with Gasteiger partial charge >= 0.3 is 0 Å². The number of nitrogens with one attached hydrogen (secondary N) is 1. The van der Waals surface area contributed by atoms with Crippen LogP contribution in [0.2, 0.25) is 0 Å². The maximum absolute atomic E-state index is 13.4. The fraction of sp³-hybridized carbons (Fsp3) is 0.857. The Hall–Kier alpha value is -1.17. The summed E-state index contributed by atoms with van der Waals surface area (Å²) in [6.45, 7) is 1.39. The van der Waals surface area contributed by atoms with Crippen molar-refractivity contribution in [3.8, 4) is 0 Å². The second-order valence-electron chi connectivity index (χ2n) is 5.87. The summed E-state index contributed by atoms with van der Waals surface area (Å²) in [5.74, 6) is -0.387. The second kappa shape index (κ2) is 6.52. The molecule has 0 spiro atoms. The molecule has 1 aliphatic heterocycles. The predicted octanol–water partition coefficient (Wildman–Crippen LogP) is 0.613. The Morgan fingerprint density at radius 3 is 2.65 bits per heavy atom. The molecule has 0 aromatic rings. The normalized spacial score (nSPS) is 28.6. The van der Waals surface area contributed by atoms with E-state index in [1.807, 2.05) is 0 Å². The van der Waals surface area contributed by atoms with E-state index in [1.54, 1.807) is 6.92 Å². The molecule has 2 amide bonds. The first-order valence-electron chi connectivity index (χ1n) is 7.38. The number of hydrogen-bond donors (Lipinski definition) is 2. The van der Waals surface area contributed by atoms with Crippen LogP contribution in [0.1, 0.15) is 39.0 Å². The topological polar surface area (TPSA) is 69.6 Å². The number of likely N-dealkylation sites (tertiary alicyclic amines) is 1. The first-order chi connectivity index (χ1) is 9.52. The molecule has 20 heavy (non-hydrogen) atoms. The average Bonchev–Trinajstić information content (AvgIpc) is 3.06. The van der Waals surface area contributed by atoms with Gasteiger partial charge in [0.1, 0.15) is 12.2 Å². The van der Waals surface area contributed by atoms with E-state index in [0.29, 0.717) is 0 Å². The molecule has 1 unspecified atom stereocenters. The van der Waals surface area contributed by atoms with Crippen LogP contribution < -0.4 is 5.32 Å². The van der Waals surface area contributed by atoms with Gasteiger partial charge in [-0.25, -0.2) is 4.39 Å². The third-order valence-electron chi connectivity index (χ3n) is 4.31. The van der Waals surface area contributed by atoms with Crippen molar-refractivity contribution in [1.29, 1.82) is 0 Å². The number of aliphatic hydroxyl groups excluding tert-OH is 1. The average molecular weight is 286 g/mol. The van der Waals surface area contributed by atoms with Crippen LogP contribution in [0.3, 0.4) is 0 Å². The number of hydrogen-bond acceptors (Lipinski definition) is 3. The van der Waals surface area contributed by atoms with Gasteiger partial charge in [0.25, 0.3) is 0 Å². The molecule has 0 bridgehead atoms. The Bertz CT molecular complexity index is 371. The van der Waals surface area contributed by atoms with E-state index in [0.717, 1.165) is 25.7 Å². The molecule has 1 heterocycles. The van der Waals surface area contributed by atoms with Crippen molar-refractivity contribution in [1.82, 2.24) is 10.2 Å². The molecule has 6 heteroatoms. The van der Waals surface area contributed by atoms with Gasteiger partial charge in [-0.15, -0.1) is 0 Å². The van der Waals surface area contributed by atoms with Crippen molar-refractivity contribution in [3.63, 3.8) is 0 Å². The third-order valence-corrected chi connectivity index (χ3v) is 4.31. The first kappa shape index (κ1) is 15.2. The summed E-state index contributed by atoms with van der Waals surface area (Å²) in [7, 11) is 0. The highest BCUT2D eigenvalue weighted by Crippen LogP contribution is 2.25. The van der Waals surface area contributed by atoms with Gasteiger partial charge in [-0.1, -0.05) is 12.8 Å². The molecule has 0 aromatic carbocycles. The van der Waals surface area contributed by atoms with E-state index in [-0.39, 0.29) is 37.3 Å². The zero-order valence-corrected chi connectivity index (χ0v) is 11.8. The molecule has 5 nitrogen and oxygen atoms in total. The third kappa shape index (κ3) is 3.29. The minimum atomic E-state index is -1.09. The highest BCUT2D eigenvalue weighted by atomic mass is 19.1. The van der Waals surface area contributed by atoms with Crippen molar-refractivity contribution in [3.05, 3.63) is 0 Å². The Labute approximate surface area is 118 Å². The minimum Gasteiger partial charge on any atom is -0.394 e. The van der Waals surface area contributed by atoms with E-state index in [4.69, 9.17) is 0 Å². The van der Waals surface area contributed by atoms with Crippen molar-refractivity contribution >= 4 is 11.8 Å². The van der Waals surface area contributed by atoms with E-state index < -0.39 is 18.3 Å². The smallest absolute Gasteiger partial charge is 0.245 e. The van der Waals surface area contributed by atoms with E-state index in [2.05, 4.69) is 5.32 Å². The second-order valence-corrected chi connectivity index (χ2v) is 5.87. The summed E-state index contributed by atoms with van der Waals surface area (Å²) in [5.41, 5.74) is 0. The zero-order valence-electron chi connectivity index (χ0n) is 11.8. The molecule has 1 saturated carbocycles. The number of aliphatic hydroxyl groups is 1. The van der Waals surface area contributed by atoms with Crippen molar-refractivity contribution < 1.29 is 19.1 Å². The van der Waals surface area contributed by atoms with Gasteiger partial charge in [-0.05, 0) is 19.8 Å². The summed E-state index contributed by atoms with van der Waals surface area (Å²) in [4.78, 5) is 25.6. The minimum absolute atomic E-state index is 0.00592. The van der Waals surface area contributed by atoms with E-state index in [1.165, 1.54) is 4.90 Å². The number of halogens is 1. The van der Waals surface area contributed by atoms with Crippen molar-refractivity contribution in [2.75, 3.05) is 13.2 Å². The summed E-state index contributed by atoms with van der Waals surface area (Å²) in [5, 5.41) is 11.9. The van der Waals surface area contributed by atoms with Crippen LogP contribution in [0.15, 0.2) is 0 Å². The van der Waals surface area contributed by atoms with Crippen LogP contribution in [0.5, 0.6) is 0 Å². The van der Waals surface area contributed by atoms with Gasteiger partial charge in [0, 0.05) is 12.3 Å². The fourth-order valence-electron chi connectivity index (χ4n) is 3.13. The SMILES string of the molecule is CC(NC(=O)C1CCCC1)C(=O)N1C[C@@H](F)C[C@H]1CO. The molecule has 1 aliphatic carbocycles. The summed E-state index contributed by atoms with van der Waals surface area (Å²) in [6.07, 6.45) is 2.95. The Balaban J connectivity index is 1.89. The monoisotopic (exact) mass is 286 g/mol. The Morgan fingerprint density at radius 1 is 1.40 bits per heavy atom. The first-order valence-corrected chi connectivity index (χ1v) is 7.38. The van der Waals surface area contributed by atoms with Crippen molar-refractivity contribution in [2.45, 2.75) is 57.3 Å². The molecule has 2 N–H and O–H groups in total. The van der Waals surface area contributed by atoms with Crippen LogP contribution in [-0.2, 0) is 9.59 Å². The lowest BCUT2D eigenvalue weighted by Crippen LogP contribution is -2.50. The van der Waals surface area contributed by atoms with Crippen LogP contribution in [0, 0.1) is 5.92 Å². The number of nitrogens with zero attached hydrogens (tertiary/aromatic N) is 1. The van der Waals surface area contributed by atoms with Crippen molar-refractivity contribution in [2.24, 2.45) is 5.92 Å². The molecule has 2 aliphatic rings. The summed E-state index contributed by atoms with van der Waals surface area (Å²) >= 11 is 0. The van der Waals surface area contributed by atoms with Gasteiger partial charge in [-0.2, -0.15) is 0 Å². The fourth-order valence-corrected chi connectivity index (χ4v) is 3.13. The van der Waals surface area contributed by atoms with Gasteiger partial charge < -0.3 is 15.3 Å². The van der Waals surface area contributed by atoms with Crippen LogP contribution in [0.25, 0.3) is 0 Å². The maximum Gasteiger partial charge on any atom is 0.245 e. The molecule has 1 saturated heterocycles. The lowest BCUT2D eigenvalue weighted by Gasteiger charge is -2.26. The van der Waals surface area contributed by atoms with Gasteiger partial charge in [0.15, 0.2) is 0 Å². The zero-order chi connectivity index (χ0) is 14.7. The number of carbonyl (C=O) groups excluding carboxylic acids is 2. The lowest BCUT2D eigenvalue weighted by molar-refractivity contribution is -0.138. The molecule has 0 aromatic heterocycles. The lowest BCUT2D eigenvalue weighted by atomic mass is 10.1. The highest BCUT2D eigenvalue weighted by molar-refractivity contribution is 5.88. The number of rotatable bonds is 4. The molecule has 0 radical (unpaired) electrons. The standard InChI is InChI=1S/C14H23FN2O3/c1-9(16-13(19)10-4-2-3-5-10)14(20)17-7-11(15)6-12(17)8-18/h9-12,18H,2-8H2,1H3,(H,16,19)/t9?,11-,12-/m0/s1. The number of alkyl halides is 1.